The third kappa shape index (κ3) is 2.13. The van der Waals surface area contributed by atoms with Gasteiger partial charge >= 0.3 is 0 Å². The van der Waals surface area contributed by atoms with Crippen LogP contribution in [-0.2, 0) is 4.74 Å². The van der Waals surface area contributed by atoms with E-state index in [1.807, 2.05) is 18.3 Å². The smallest absolute Gasteiger partial charge is 0.140 e. The lowest BCUT2D eigenvalue weighted by atomic mass is 10.2. The van der Waals surface area contributed by atoms with Gasteiger partial charge in [0, 0.05) is 17.6 Å². The molecule has 1 unspecified atom stereocenters. The largest absolute Gasteiger partial charge is 0.378 e. The summed E-state index contributed by atoms with van der Waals surface area (Å²) in [6.07, 6.45) is 1.92. The Kier molecular flexibility index (Phi) is 2.96. The fourth-order valence-electron chi connectivity index (χ4n) is 2.04. The molecule has 3 heterocycles. The average Bonchev–Trinajstić information content (AvgIpc) is 2.99. The van der Waals surface area contributed by atoms with E-state index in [0.717, 1.165) is 36.2 Å². The highest BCUT2D eigenvalue weighted by Gasteiger charge is 2.21. The number of aromatic amines is 1. The zero-order valence-electron chi connectivity index (χ0n) is 9.69. The summed E-state index contributed by atoms with van der Waals surface area (Å²) in [6, 6.07) is 4.34. The van der Waals surface area contributed by atoms with E-state index in [9.17, 15) is 0 Å². The number of nitrogens with zero attached hydrogens (tertiary/aromatic N) is 1. The third-order valence-corrected chi connectivity index (χ3v) is 4.20. The first-order valence-electron chi connectivity index (χ1n) is 5.77. The predicted molar refractivity (Wildman–Crippen MR) is 68.2 cm³/mol. The van der Waals surface area contributed by atoms with Crippen LogP contribution >= 0.6 is 11.3 Å². The summed E-state index contributed by atoms with van der Waals surface area (Å²) >= 11 is 1.74. The average molecular weight is 249 g/mol. The van der Waals surface area contributed by atoms with Crippen molar-refractivity contribution in [3.63, 3.8) is 0 Å². The molecular formula is C12H15N3OS. The molecule has 1 aliphatic rings. The maximum absolute atomic E-state index is 5.50. The predicted octanol–water partition coefficient (Wildman–Crippen LogP) is 2.11. The lowest BCUT2D eigenvalue weighted by Crippen LogP contribution is -2.34. The Morgan fingerprint density at radius 3 is 3.18 bits per heavy atom. The molecule has 90 valence electrons. The summed E-state index contributed by atoms with van der Waals surface area (Å²) in [5.74, 6) is 0. The second-order valence-electron chi connectivity index (χ2n) is 4.13. The molecule has 2 aromatic rings. The van der Waals surface area contributed by atoms with Gasteiger partial charge in [0.1, 0.15) is 5.01 Å². The summed E-state index contributed by atoms with van der Waals surface area (Å²) in [5.41, 5.74) is 2.18. The molecule has 1 atom stereocenters. The van der Waals surface area contributed by atoms with E-state index in [1.165, 1.54) is 4.88 Å². The molecule has 0 bridgehead atoms. The van der Waals surface area contributed by atoms with Gasteiger partial charge in [-0.25, -0.2) is 4.98 Å². The number of nitrogens with one attached hydrogen (secondary N) is 2. The lowest BCUT2D eigenvalue weighted by molar-refractivity contribution is 0.0777. The first-order chi connectivity index (χ1) is 8.34. The fraction of sp³-hybridized carbons (Fsp3) is 0.417. The van der Waals surface area contributed by atoms with Crippen LogP contribution in [0.3, 0.4) is 0 Å². The first kappa shape index (κ1) is 11.0. The Bertz CT molecular complexity index is 486. The van der Waals surface area contributed by atoms with Crippen LogP contribution in [0.15, 0.2) is 18.3 Å². The van der Waals surface area contributed by atoms with E-state index < -0.39 is 0 Å². The second kappa shape index (κ2) is 4.60. The Hall–Kier alpha value is -1.17. The zero-order chi connectivity index (χ0) is 11.7. The van der Waals surface area contributed by atoms with Crippen molar-refractivity contribution in [2.75, 3.05) is 19.8 Å². The van der Waals surface area contributed by atoms with Crippen molar-refractivity contribution in [2.24, 2.45) is 0 Å². The van der Waals surface area contributed by atoms with Crippen molar-refractivity contribution in [1.29, 1.82) is 0 Å². The van der Waals surface area contributed by atoms with Crippen molar-refractivity contribution in [1.82, 2.24) is 15.3 Å². The minimum Gasteiger partial charge on any atom is -0.378 e. The number of aromatic nitrogens is 2. The maximum Gasteiger partial charge on any atom is 0.140 e. The summed E-state index contributed by atoms with van der Waals surface area (Å²) in [5, 5.41) is 4.52. The third-order valence-electron chi connectivity index (χ3n) is 2.90. The number of thiazole rings is 1. The molecule has 0 aliphatic carbocycles. The number of H-pyrrole nitrogens is 1. The molecule has 0 aromatic carbocycles. The Labute approximate surface area is 104 Å². The Balaban J connectivity index is 1.90. The van der Waals surface area contributed by atoms with Crippen molar-refractivity contribution in [3.05, 3.63) is 28.9 Å². The van der Waals surface area contributed by atoms with Gasteiger partial charge in [-0.1, -0.05) is 0 Å². The lowest BCUT2D eigenvalue weighted by Gasteiger charge is -2.22. The van der Waals surface area contributed by atoms with Crippen LogP contribution in [0.4, 0.5) is 0 Å². The highest BCUT2D eigenvalue weighted by Crippen LogP contribution is 2.31. The molecular weight excluding hydrogens is 234 g/mol. The molecule has 5 heteroatoms. The Morgan fingerprint density at radius 1 is 1.53 bits per heavy atom. The van der Waals surface area contributed by atoms with Gasteiger partial charge in [0.2, 0.25) is 0 Å². The highest BCUT2D eigenvalue weighted by atomic mass is 32.1. The molecule has 3 rings (SSSR count). The monoisotopic (exact) mass is 249 g/mol. The van der Waals surface area contributed by atoms with Gasteiger partial charge in [0.25, 0.3) is 0 Å². The number of aryl methyl sites for hydroxylation is 1. The fourth-order valence-corrected chi connectivity index (χ4v) is 3.16. The van der Waals surface area contributed by atoms with Gasteiger partial charge in [-0.15, -0.1) is 11.3 Å². The molecule has 2 N–H and O–H groups in total. The number of hydrogen-bond donors (Lipinski definition) is 2. The molecule has 2 aromatic heterocycles. The van der Waals surface area contributed by atoms with Crippen molar-refractivity contribution in [3.8, 4) is 10.7 Å². The molecule has 0 spiro atoms. The number of morpholine rings is 1. The molecule has 0 radical (unpaired) electrons. The number of ether oxygens (including phenoxy) is 1. The van der Waals surface area contributed by atoms with Crippen molar-refractivity contribution >= 4 is 11.3 Å². The van der Waals surface area contributed by atoms with Crippen LogP contribution in [0.2, 0.25) is 0 Å². The van der Waals surface area contributed by atoms with Crippen molar-refractivity contribution in [2.45, 2.75) is 13.0 Å². The molecule has 17 heavy (non-hydrogen) atoms. The van der Waals surface area contributed by atoms with Gasteiger partial charge in [-0.05, 0) is 19.1 Å². The quantitative estimate of drug-likeness (QED) is 0.857. The van der Waals surface area contributed by atoms with Gasteiger partial charge in [0.15, 0.2) is 0 Å². The molecule has 1 fully saturated rings. The van der Waals surface area contributed by atoms with Crippen molar-refractivity contribution < 1.29 is 4.74 Å². The summed E-state index contributed by atoms with van der Waals surface area (Å²) in [4.78, 5) is 9.10. The van der Waals surface area contributed by atoms with Crippen LogP contribution in [0.5, 0.6) is 0 Å². The van der Waals surface area contributed by atoms with Crippen LogP contribution < -0.4 is 5.32 Å². The van der Waals surface area contributed by atoms with Gasteiger partial charge in [-0.3, -0.25) is 0 Å². The molecule has 1 aliphatic heterocycles. The van der Waals surface area contributed by atoms with E-state index >= 15 is 0 Å². The highest BCUT2D eigenvalue weighted by molar-refractivity contribution is 7.15. The summed E-state index contributed by atoms with van der Waals surface area (Å²) < 4.78 is 5.50. The van der Waals surface area contributed by atoms with Crippen LogP contribution in [0, 0.1) is 6.92 Å². The standard InChI is InChI=1S/C12H15N3OS/c1-8-11(10-7-16-6-5-14-10)17-12(15-8)9-3-2-4-13-9/h2-4,10,13-14H,5-7H2,1H3. The molecule has 4 nitrogen and oxygen atoms in total. The second-order valence-corrected chi connectivity index (χ2v) is 5.16. The normalized spacial score (nSPS) is 20.6. The van der Waals surface area contributed by atoms with Crippen LogP contribution in [0.1, 0.15) is 16.6 Å². The van der Waals surface area contributed by atoms with Crippen LogP contribution in [-0.4, -0.2) is 29.7 Å². The molecule has 0 amide bonds. The van der Waals surface area contributed by atoms with E-state index in [0.29, 0.717) is 6.04 Å². The minimum absolute atomic E-state index is 0.296. The summed E-state index contributed by atoms with van der Waals surface area (Å²) in [7, 11) is 0. The van der Waals surface area contributed by atoms with E-state index in [-0.39, 0.29) is 0 Å². The van der Waals surface area contributed by atoms with E-state index in [2.05, 4.69) is 22.2 Å². The molecule has 0 saturated carbocycles. The van der Waals surface area contributed by atoms with E-state index in [4.69, 9.17) is 4.74 Å². The maximum atomic E-state index is 5.50. The number of hydrogen-bond acceptors (Lipinski definition) is 4. The zero-order valence-corrected chi connectivity index (χ0v) is 10.5. The van der Waals surface area contributed by atoms with Gasteiger partial charge in [0.05, 0.1) is 30.6 Å². The Morgan fingerprint density at radius 2 is 2.47 bits per heavy atom. The van der Waals surface area contributed by atoms with Gasteiger partial charge < -0.3 is 15.0 Å². The molecule has 1 saturated heterocycles. The minimum atomic E-state index is 0.296. The topological polar surface area (TPSA) is 49.9 Å². The number of rotatable bonds is 2. The van der Waals surface area contributed by atoms with Gasteiger partial charge in [-0.2, -0.15) is 0 Å². The SMILES string of the molecule is Cc1nc(-c2ccc[nH]2)sc1C1COCCN1. The van der Waals surface area contributed by atoms with E-state index in [1.54, 1.807) is 11.3 Å². The van der Waals surface area contributed by atoms with Crippen LogP contribution in [0.25, 0.3) is 10.7 Å². The summed E-state index contributed by atoms with van der Waals surface area (Å²) in [6.45, 7) is 4.53. The first-order valence-corrected chi connectivity index (χ1v) is 6.58.